The van der Waals surface area contributed by atoms with Gasteiger partial charge in [0, 0.05) is 33.4 Å². The number of nitrogens with one attached hydrogen (secondary N) is 1. The predicted molar refractivity (Wildman–Crippen MR) is 156 cm³/mol. The Hall–Kier alpha value is -3.95. The summed E-state index contributed by atoms with van der Waals surface area (Å²) in [6.07, 6.45) is 0.628. The molecule has 0 bridgehead atoms. The highest BCUT2D eigenvalue weighted by Crippen LogP contribution is 2.30. The van der Waals surface area contributed by atoms with Crippen molar-refractivity contribution in [2.24, 2.45) is 0 Å². The minimum absolute atomic E-state index is 0.0281. The van der Waals surface area contributed by atoms with Gasteiger partial charge in [0.05, 0.1) is 17.5 Å². The number of carbonyl (C=O) groups is 1. The van der Waals surface area contributed by atoms with E-state index in [1.165, 1.54) is 12.1 Å². The highest BCUT2D eigenvalue weighted by atomic mass is 35.5. The smallest absolute Gasteiger partial charge is 0.297 e. The first-order valence-corrected chi connectivity index (χ1v) is 14.4. The van der Waals surface area contributed by atoms with Crippen molar-refractivity contribution < 1.29 is 22.5 Å². The highest BCUT2D eigenvalue weighted by Gasteiger charge is 2.27. The molecule has 0 aliphatic rings. The third kappa shape index (κ3) is 6.11. The van der Waals surface area contributed by atoms with E-state index in [1.807, 2.05) is 66.2 Å². The minimum Gasteiger partial charge on any atom is -0.388 e. The molecule has 204 valence electrons. The molecule has 0 saturated heterocycles. The van der Waals surface area contributed by atoms with E-state index >= 15 is 0 Å². The average molecular weight is 575 g/mol. The van der Waals surface area contributed by atoms with Crippen LogP contribution in [0.4, 0.5) is 5.69 Å². The topological polar surface area (TPSA) is 97.6 Å². The Labute approximate surface area is 237 Å². The van der Waals surface area contributed by atoms with Gasteiger partial charge in [-0.2, -0.15) is 8.42 Å². The van der Waals surface area contributed by atoms with Gasteiger partial charge >= 0.3 is 0 Å². The van der Waals surface area contributed by atoms with Crippen molar-refractivity contribution in [1.82, 2.24) is 4.57 Å². The average Bonchev–Trinajstić information content (AvgIpc) is 3.35. The Balaban J connectivity index is 1.41. The molecule has 0 fully saturated rings. The quantitative estimate of drug-likeness (QED) is 0.204. The number of benzene rings is 4. The molecule has 0 aliphatic carbocycles. The Kier molecular flexibility index (Phi) is 8.04. The van der Waals surface area contributed by atoms with E-state index in [1.54, 1.807) is 42.5 Å². The molecule has 7 nitrogen and oxygen atoms in total. The molecule has 9 heteroatoms. The number of aromatic nitrogens is 1. The summed E-state index contributed by atoms with van der Waals surface area (Å²) in [6, 6.07) is 29.0. The van der Waals surface area contributed by atoms with Crippen LogP contribution in [0.1, 0.15) is 27.5 Å². The molecule has 0 saturated carbocycles. The monoisotopic (exact) mass is 574 g/mol. The Morgan fingerprint density at radius 3 is 2.42 bits per heavy atom. The number of halogens is 1. The molecule has 2 N–H and O–H groups in total. The van der Waals surface area contributed by atoms with E-state index < -0.39 is 28.9 Å². The van der Waals surface area contributed by atoms with Crippen molar-refractivity contribution in [3.63, 3.8) is 0 Å². The number of fused-ring (bicyclic) bond motifs is 1. The normalized spacial score (nSPS) is 13.2. The lowest BCUT2D eigenvalue weighted by molar-refractivity contribution is 0.0785. The number of anilines is 1. The second-order valence-corrected chi connectivity index (χ2v) is 11.5. The Morgan fingerprint density at radius 2 is 1.70 bits per heavy atom. The van der Waals surface area contributed by atoms with Crippen molar-refractivity contribution in [1.29, 1.82) is 0 Å². The largest absolute Gasteiger partial charge is 0.388 e. The maximum absolute atomic E-state index is 12.8. The van der Waals surface area contributed by atoms with Crippen LogP contribution in [0.2, 0.25) is 5.02 Å². The number of hydrogen-bond donors (Lipinski definition) is 2. The second kappa shape index (κ2) is 11.7. The molecule has 2 unspecified atom stereocenters. The molecule has 5 rings (SSSR count). The molecule has 0 aliphatic heterocycles. The first kappa shape index (κ1) is 27.6. The molecule has 40 heavy (non-hydrogen) atoms. The lowest BCUT2D eigenvalue weighted by Gasteiger charge is -2.26. The van der Waals surface area contributed by atoms with Crippen LogP contribution in [0.25, 0.3) is 10.9 Å². The van der Waals surface area contributed by atoms with Gasteiger partial charge in [0.1, 0.15) is 6.10 Å². The summed E-state index contributed by atoms with van der Waals surface area (Å²) in [4.78, 5) is 12.7. The molecule has 4 aromatic carbocycles. The highest BCUT2D eigenvalue weighted by molar-refractivity contribution is 7.86. The van der Waals surface area contributed by atoms with Gasteiger partial charge in [-0.1, -0.05) is 65.7 Å². The van der Waals surface area contributed by atoms with Crippen LogP contribution < -0.4 is 5.32 Å². The van der Waals surface area contributed by atoms with Gasteiger partial charge in [0.15, 0.2) is 0 Å². The molecule has 1 amide bonds. The van der Waals surface area contributed by atoms with Crippen LogP contribution in [-0.4, -0.2) is 36.7 Å². The van der Waals surface area contributed by atoms with Gasteiger partial charge < -0.3 is 15.0 Å². The van der Waals surface area contributed by atoms with E-state index in [-0.39, 0.29) is 10.8 Å². The number of rotatable bonds is 9. The maximum atomic E-state index is 12.8. The third-order valence-corrected chi connectivity index (χ3v) is 8.10. The second-order valence-electron chi connectivity index (χ2n) is 9.44. The number of hydrogen-bond acceptors (Lipinski definition) is 5. The summed E-state index contributed by atoms with van der Waals surface area (Å²) in [7, 11) is -4.06. The fourth-order valence-corrected chi connectivity index (χ4v) is 5.67. The summed E-state index contributed by atoms with van der Waals surface area (Å²) in [6.45, 7) is 1.42. The van der Waals surface area contributed by atoms with Crippen molar-refractivity contribution in [3.8, 4) is 0 Å². The minimum atomic E-state index is -4.06. The number of amides is 1. The maximum Gasteiger partial charge on any atom is 0.297 e. The van der Waals surface area contributed by atoms with Crippen LogP contribution in [0.3, 0.4) is 0 Å². The first-order chi connectivity index (χ1) is 19.2. The molecule has 0 radical (unpaired) electrons. The van der Waals surface area contributed by atoms with Crippen molar-refractivity contribution in [3.05, 3.63) is 131 Å². The van der Waals surface area contributed by atoms with Gasteiger partial charge in [-0.15, -0.1) is 0 Å². The summed E-state index contributed by atoms with van der Waals surface area (Å²) in [5.41, 5.74) is 3.53. The summed E-state index contributed by atoms with van der Waals surface area (Å²) in [5.74, 6) is -0.286. The van der Waals surface area contributed by atoms with Crippen molar-refractivity contribution in [2.45, 2.75) is 24.0 Å². The number of carbonyl (C=O) groups excluding carboxylic acids is 1. The zero-order valence-electron chi connectivity index (χ0n) is 21.6. The van der Waals surface area contributed by atoms with E-state index in [0.717, 1.165) is 22.0 Å². The zero-order valence-corrected chi connectivity index (χ0v) is 23.1. The van der Waals surface area contributed by atoms with E-state index in [2.05, 4.69) is 5.32 Å². The molecule has 2 atom stereocenters. The number of aliphatic hydroxyl groups excluding tert-OH is 1. The molecular formula is C31H27ClN2O5S. The summed E-state index contributed by atoms with van der Waals surface area (Å²) >= 11 is 6.02. The Bertz CT molecular complexity index is 1750. The van der Waals surface area contributed by atoms with Gasteiger partial charge in [0.2, 0.25) is 0 Å². The van der Waals surface area contributed by atoms with E-state index in [0.29, 0.717) is 16.3 Å². The van der Waals surface area contributed by atoms with E-state index in [9.17, 15) is 18.3 Å². The first-order valence-electron chi connectivity index (χ1n) is 12.6. The fraction of sp³-hybridized carbons (Fsp3) is 0.129. The summed E-state index contributed by atoms with van der Waals surface area (Å²) in [5, 5.41) is 15.5. The molecule has 1 aromatic heterocycles. The zero-order chi connectivity index (χ0) is 28.3. The van der Waals surface area contributed by atoms with Crippen LogP contribution >= 0.6 is 11.6 Å². The Morgan fingerprint density at radius 1 is 0.950 bits per heavy atom. The van der Waals surface area contributed by atoms with Crippen LogP contribution in [0, 0.1) is 6.92 Å². The SMILES string of the molecule is Cc1ccc(S(=O)(=O)OCC(O)C(c2ccccc2)n2ccc3cc(NC(=O)c4cccc(Cl)c4)ccc32)cc1. The molecule has 1 heterocycles. The van der Waals surface area contributed by atoms with Gasteiger partial charge in [-0.25, -0.2) is 0 Å². The van der Waals surface area contributed by atoms with Crippen LogP contribution in [0.15, 0.2) is 114 Å². The van der Waals surface area contributed by atoms with Crippen molar-refractivity contribution in [2.75, 3.05) is 11.9 Å². The standard InChI is InChI=1S/C31H27ClN2O5S/c1-21-10-13-27(14-11-21)40(37,38)39-20-29(35)30(22-6-3-2-4-7-22)34-17-16-23-19-26(12-15-28(23)34)33-31(36)24-8-5-9-25(32)18-24/h2-19,29-30,35H,20H2,1H3,(H,33,36). The number of nitrogens with zero attached hydrogens (tertiary/aromatic N) is 1. The van der Waals surface area contributed by atoms with Gasteiger partial charge in [-0.3, -0.25) is 8.98 Å². The molecule has 0 spiro atoms. The molecular weight excluding hydrogens is 548 g/mol. The lowest BCUT2D eigenvalue weighted by Crippen LogP contribution is -2.30. The predicted octanol–water partition coefficient (Wildman–Crippen LogP) is 6.21. The van der Waals surface area contributed by atoms with E-state index in [4.69, 9.17) is 15.8 Å². The fourth-order valence-electron chi connectivity index (χ4n) is 4.56. The van der Waals surface area contributed by atoms with Crippen molar-refractivity contribution >= 4 is 44.2 Å². The summed E-state index contributed by atoms with van der Waals surface area (Å²) < 4.78 is 32.7. The third-order valence-electron chi connectivity index (χ3n) is 6.57. The number of aliphatic hydroxyl groups is 1. The van der Waals surface area contributed by atoms with Crippen LogP contribution in [0.5, 0.6) is 0 Å². The van der Waals surface area contributed by atoms with Crippen LogP contribution in [-0.2, 0) is 14.3 Å². The lowest BCUT2D eigenvalue weighted by atomic mass is 10.0. The number of aryl methyl sites for hydroxylation is 1. The van der Waals surface area contributed by atoms with Gasteiger partial charge in [-0.05, 0) is 67.1 Å². The molecule has 5 aromatic rings. The van der Waals surface area contributed by atoms with Gasteiger partial charge in [0.25, 0.3) is 16.0 Å².